The molecule has 2 rings (SSSR count). The van der Waals surface area contributed by atoms with E-state index in [2.05, 4.69) is 10.3 Å². The maximum atomic E-state index is 10.8. The van der Waals surface area contributed by atoms with Crippen molar-refractivity contribution in [2.45, 2.75) is 13.5 Å². The number of carbonyl (C=O) groups excluding carboxylic acids is 1. The smallest absolute Gasteiger partial charge is 0.152 e. The molecule has 0 fully saturated rings. The highest BCUT2D eigenvalue weighted by molar-refractivity contribution is 5.91. The highest BCUT2D eigenvalue weighted by Crippen LogP contribution is 2.02. The third kappa shape index (κ3) is 4.35. The number of nitrogens with zero attached hydrogens (tertiary/aromatic N) is 3. The van der Waals surface area contributed by atoms with Crippen molar-refractivity contribution in [1.82, 2.24) is 15.0 Å². The Bertz CT molecular complexity index is 597. The zero-order valence-electron chi connectivity index (χ0n) is 10.7. The Morgan fingerprint density at radius 3 is 2.79 bits per heavy atom. The highest BCUT2D eigenvalue weighted by atomic mass is 16.1. The van der Waals surface area contributed by atoms with Crippen molar-refractivity contribution in [3.8, 4) is 0 Å². The van der Waals surface area contributed by atoms with Crippen LogP contribution in [-0.2, 0) is 11.3 Å². The molecule has 0 amide bonds. The number of allylic oxidation sites excluding steroid dienone is 2. The molecule has 1 aromatic carbocycles. The van der Waals surface area contributed by atoms with Crippen LogP contribution in [-0.4, -0.2) is 20.8 Å². The Kier molecular flexibility index (Phi) is 4.39. The molecule has 96 valence electrons. The van der Waals surface area contributed by atoms with E-state index in [0.717, 1.165) is 5.56 Å². The number of rotatable bonds is 5. The van der Waals surface area contributed by atoms with E-state index >= 15 is 0 Å². The van der Waals surface area contributed by atoms with Gasteiger partial charge in [0.2, 0.25) is 0 Å². The van der Waals surface area contributed by atoms with E-state index in [9.17, 15) is 4.79 Å². The van der Waals surface area contributed by atoms with Gasteiger partial charge in [0.15, 0.2) is 5.78 Å². The molecule has 0 saturated heterocycles. The summed E-state index contributed by atoms with van der Waals surface area (Å²) in [7, 11) is 0. The first-order chi connectivity index (χ1) is 9.24. The van der Waals surface area contributed by atoms with Gasteiger partial charge < -0.3 is 0 Å². The summed E-state index contributed by atoms with van der Waals surface area (Å²) in [6.07, 6.45) is 8.99. The maximum absolute atomic E-state index is 10.8. The van der Waals surface area contributed by atoms with Crippen LogP contribution in [0.1, 0.15) is 18.2 Å². The second-order valence-corrected chi connectivity index (χ2v) is 4.12. The number of hydrogen-bond acceptors (Lipinski definition) is 3. The standard InChI is InChI=1S/C15H15N3O/c1-13(19)9-10-15-12-18(17-16-15)11-5-8-14-6-3-2-4-7-14/h2-10,12H,11H2,1H3/b8-5?,10-9+. The molecule has 0 aliphatic rings. The van der Waals surface area contributed by atoms with E-state index in [-0.39, 0.29) is 5.78 Å². The van der Waals surface area contributed by atoms with Gasteiger partial charge in [0, 0.05) is 0 Å². The quantitative estimate of drug-likeness (QED) is 0.769. The van der Waals surface area contributed by atoms with Crippen LogP contribution in [0.3, 0.4) is 0 Å². The van der Waals surface area contributed by atoms with Gasteiger partial charge >= 0.3 is 0 Å². The zero-order chi connectivity index (χ0) is 13.5. The van der Waals surface area contributed by atoms with Crippen molar-refractivity contribution in [1.29, 1.82) is 0 Å². The van der Waals surface area contributed by atoms with Crippen molar-refractivity contribution in [2.75, 3.05) is 0 Å². The molecule has 0 atom stereocenters. The summed E-state index contributed by atoms with van der Waals surface area (Å²) >= 11 is 0. The van der Waals surface area contributed by atoms with Gasteiger partial charge in [-0.05, 0) is 24.6 Å². The van der Waals surface area contributed by atoms with Gasteiger partial charge in [-0.15, -0.1) is 5.10 Å². The third-order valence-corrected chi connectivity index (χ3v) is 2.45. The predicted molar refractivity (Wildman–Crippen MR) is 75.2 cm³/mol. The van der Waals surface area contributed by atoms with Gasteiger partial charge in [-0.2, -0.15) is 0 Å². The zero-order valence-corrected chi connectivity index (χ0v) is 10.7. The van der Waals surface area contributed by atoms with Crippen molar-refractivity contribution >= 4 is 17.9 Å². The van der Waals surface area contributed by atoms with Crippen LogP contribution in [0.2, 0.25) is 0 Å². The average molecular weight is 253 g/mol. The Labute approximate surface area is 112 Å². The predicted octanol–water partition coefficient (Wildman–Crippen LogP) is 2.59. The average Bonchev–Trinajstić information content (AvgIpc) is 2.86. The fourth-order valence-corrected chi connectivity index (χ4v) is 1.54. The minimum Gasteiger partial charge on any atom is -0.295 e. The van der Waals surface area contributed by atoms with E-state index in [1.165, 1.54) is 13.0 Å². The summed E-state index contributed by atoms with van der Waals surface area (Å²) in [6.45, 7) is 2.15. The van der Waals surface area contributed by atoms with Gasteiger partial charge in [-0.3, -0.25) is 4.79 Å². The van der Waals surface area contributed by atoms with Gasteiger partial charge in [-0.1, -0.05) is 47.7 Å². The van der Waals surface area contributed by atoms with Crippen LogP contribution < -0.4 is 0 Å². The van der Waals surface area contributed by atoms with Crippen LogP contribution in [0.15, 0.2) is 48.7 Å². The second kappa shape index (κ2) is 6.44. The molecule has 0 aliphatic heterocycles. The first kappa shape index (κ1) is 13.0. The Morgan fingerprint density at radius 2 is 2.05 bits per heavy atom. The molecule has 0 aliphatic carbocycles. The molecule has 1 heterocycles. The molecule has 1 aromatic heterocycles. The van der Waals surface area contributed by atoms with Crippen molar-refractivity contribution in [2.24, 2.45) is 0 Å². The lowest BCUT2D eigenvalue weighted by atomic mass is 10.2. The molecular formula is C15H15N3O. The first-order valence-electron chi connectivity index (χ1n) is 6.04. The van der Waals surface area contributed by atoms with E-state index in [1.54, 1.807) is 17.0 Å². The number of hydrogen-bond donors (Lipinski definition) is 0. The molecule has 0 N–H and O–H groups in total. The Morgan fingerprint density at radius 1 is 1.26 bits per heavy atom. The largest absolute Gasteiger partial charge is 0.295 e. The summed E-state index contributed by atoms with van der Waals surface area (Å²) in [5.74, 6) is -0.00137. The minimum atomic E-state index is -0.00137. The van der Waals surface area contributed by atoms with Crippen LogP contribution >= 0.6 is 0 Å². The van der Waals surface area contributed by atoms with Crippen LogP contribution in [0.25, 0.3) is 12.2 Å². The molecule has 2 aromatic rings. The van der Waals surface area contributed by atoms with Gasteiger partial charge in [0.25, 0.3) is 0 Å². The summed E-state index contributed by atoms with van der Waals surface area (Å²) in [5.41, 5.74) is 1.84. The number of aromatic nitrogens is 3. The second-order valence-electron chi connectivity index (χ2n) is 4.12. The monoisotopic (exact) mass is 253 g/mol. The Balaban J connectivity index is 1.94. The summed E-state index contributed by atoms with van der Waals surface area (Å²) < 4.78 is 1.72. The van der Waals surface area contributed by atoms with E-state index in [0.29, 0.717) is 12.2 Å². The minimum absolute atomic E-state index is 0.00137. The highest BCUT2D eigenvalue weighted by Gasteiger charge is 1.95. The van der Waals surface area contributed by atoms with Gasteiger partial charge in [0.1, 0.15) is 5.69 Å². The maximum Gasteiger partial charge on any atom is 0.152 e. The Hall–Kier alpha value is -2.49. The topological polar surface area (TPSA) is 47.8 Å². The van der Waals surface area contributed by atoms with E-state index in [4.69, 9.17) is 0 Å². The van der Waals surface area contributed by atoms with Crippen molar-refractivity contribution in [3.05, 3.63) is 59.9 Å². The number of carbonyl (C=O) groups is 1. The fourth-order valence-electron chi connectivity index (χ4n) is 1.54. The molecule has 4 heteroatoms. The first-order valence-corrected chi connectivity index (χ1v) is 6.04. The molecule has 0 saturated carbocycles. The number of ketones is 1. The molecule has 0 unspecified atom stereocenters. The lowest BCUT2D eigenvalue weighted by molar-refractivity contribution is -0.112. The molecule has 0 bridgehead atoms. The van der Waals surface area contributed by atoms with Crippen molar-refractivity contribution in [3.63, 3.8) is 0 Å². The SMILES string of the molecule is CC(=O)/C=C/c1cn(CC=Cc2ccccc2)nn1. The van der Waals surface area contributed by atoms with E-state index in [1.807, 2.05) is 42.5 Å². The summed E-state index contributed by atoms with van der Waals surface area (Å²) in [4.78, 5) is 10.8. The molecule has 0 radical (unpaired) electrons. The van der Waals surface area contributed by atoms with Gasteiger partial charge in [0.05, 0.1) is 12.7 Å². The molecule has 19 heavy (non-hydrogen) atoms. The van der Waals surface area contributed by atoms with Crippen LogP contribution in [0.5, 0.6) is 0 Å². The molecule has 4 nitrogen and oxygen atoms in total. The van der Waals surface area contributed by atoms with E-state index < -0.39 is 0 Å². The fraction of sp³-hybridized carbons (Fsp3) is 0.133. The van der Waals surface area contributed by atoms with Crippen LogP contribution in [0, 0.1) is 0 Å². The summed E-state index contributed by atoms with van der Waals surface area (Å²) in [5, 5.41) is 7.93. The summed E-state index contributed by atoms with van der Waals surface area (Å²) in [6, 6.07) is 10.1. The third-order valence-electron chi connectivity index (χ3n) is 2.45. The normalized spacial score (nSPS) is 11.4. The number of benzene rings is 1. The van der Waals surface area contributed by atoms with Crippen LogP contribution in [0.4, 0.5) is 0 Å². The molecular weight excluding hydrogens is 238 g/mol. The lowest BCUT2D eigenvalue weighted by Crippen LogP contribution is -1.95. The van der Waals surface area contributed by atoms with Gasteiger partial charge in [-0.25, -0.2) is 4.68 Å². The lowest BCUT2D eigenvalue weighted by Gasteiger charge is -1.93. The molecule has 0 spiro atoms. The van der Waals surface area contributed by atoms with Crippen molar-refractivity contribution < 1.29 is 4.79 Å².